The molecule has 0 spiro atoms. The second-order valence-corrected chi connectivity index (χ2v) is 5.95. The van der Waals surface area contributed by atoms with Gasteiger partial charge in [-0.25, -0.2) is 4.79 Å². The predicted molar refractivity (Wildman–Crippen MR) is 70.5 cm³/mol. The van der Waals surface area contributed by atoms with Gasteiger partial charge in [-0.2, -0.15) is 0 Å². The highest BCUT2D eigenvalue weighted by Gasteiger charge is 2.25. The van der Waals surface area contributed by atoms with Crippen LogP contribution in [-0.2, 0) is 4.74 Å². The van der Waals surface area contributed by atoms with Crippen molar-refractivity contribution in [2.45, 2.75) is 45.8 Å². The van der Waals surface area contributed by atoms with Crippen molar-refractivity contribution < 1.29 is 14.6 Å². The Hall–Kier alpha value is -0.810. The van der Waals surface area contributed by atoms with Crippen LogP contribution in [0.1, 0.15) is 34.1 Å². The van der Waals surface area contributed by atoms with Crippen LogP contribution in [0.2, 0.25) is 0 Å². The number of hydrogen-bond acceptors (Lipinski definition) is 4. The molecule has 106 valence electrons. The molecule has 1 saturated heterocycles. The highest BCUT2D eigenvalue weighted by atomic mass is 16.6. The number of aliphatic hydroxyl groups excluding tert-OH is 1. The zero-order valence-electron chi connectivity index (χ0n) is 12.0. The van der Waals surface area contributed by atoms with Crippen molar-refractivity contribution in [3.8, 4) is 0 Å². The van der Waals surface area contributed by atoms with Gasteiger partial charge in [0.05, 0.1) is 6.10 Å². The van der Waals surface area contributed by atoms with Crippen LogP contribution in [0.25, 0.3) is 0 Å². The zero-order valence-corrected chi connectivity index (χ0v) is 12.0. The summed E-state index contributed by atoms with van der Waals surface area (Å²) in [6, 6.07) is 0. The van der Waals surface area contributed by atoms with Crippen LogP contribution in [0.15, 0.2) is 0 Å². The van der Waals surface area contributed by atoms with Gasteiger partial charge in [0.15, 0.2) is 0 Å². The fourth-order valence-electron chi connectivity index (χ4n) is 1.85. The lowest BCUT2D eigenvalue weighted by atomic mass is 10.2. The van der Waals surface area contributed by atoms with Crippen LogP contribution >= 0.6 is 0 Å². The Morgan fingerprint density at radius 1 is 1.28 bits per heavy atom. The van der Waals surface area contributed by atoms with E-state index in [-0.39, 0.29) is 12.2 Å². The number of carbonyl (C=O) groups excluding carboxylic acids is 1. The van der Waals surface area contributed by atoms with Crippen LogP contribution < -0.4 is 0 Å². The van der Waals surface area contributed by atoms with Gasteiger partial charge in [-0.15, -0.1) is 0 Å². The Bertz CT molecular complexity index is 266. The largest absolute Gasteiger partial charge is 0.444 e. The summed E-state index contributed by atoms with van der Waals surface area (Å²) >= 11 is 0. The molecule has 18 heavy (non-hydrogen) atoms. The zero-order chi connectivity index (χ0) is 13.8. The van der Waals surface area contributed by atoms with E-state index in [4.69, 9.17) is 4.74 Å². The van der Waals surface area contributed by atoms with E-state index in [0.29, 0.717) is 13.1 Å². The lowest BCUT2D eigenvalue weighted by Gasteiger charge is -2.35. The van der Waals surface area contributed by atoms with E-state index in [2.05, 4.69) is 4.90 Å². The third-order valence-electron chi connectivity index (χ3n) is 2.89. The minimum Gasteiger partial charge on any atom is -0.444 e. The maximum atomic E-state index is 11.8. The Balaban J connectivity index is 2.28. The quantitative estimate of drug-likeness (QED) is 0.829. The third-order valence-corrected chi connectivity index (χ3v) is 2.89. The molecule has 1 heterocycles. The van der Waals surface area contributed by atoms with Crippen LogP contribution in [-0.4, -0.2) is 65.4 Å². The smallest absolute Gasteiger partial charge is 0.410 e. The summed E-state index contributed by atoms with van der Waals surface area (Å²) in [5, 5.41) is 9.24. The van der Waals surface area contributed by atoms with Gasteiger partial charge in [0.1, 0.15) is 5.60 Å². The lowest BCUT2D eigenvalue weighted by Crippen LogP contribution is -2.50. The first-order valence-electron chi connectivity index (χ1n) is 6.66. The molecule has 1 fully saturated rings. The van der Waals surface area contributed by atoms with Crippen molar-refractivity contribution in [3.05, 3.63) is 0 Å². The second kappa shape index (κ2) is 6.38. The molecular weight excluding hydrogens is 232 g/mol. The number of carbonyl (C=O) groups is 1. The fourth-order valence-corrected chi connectivity index (χ4v) is 1.85. The maximum absolute atomic E-state index is 11.8. The van der Waals surface area contributed by atoms with E-state index in [1.54, 1.807) is 11.8 Å². The molecule has 1 aliphatic heterocycles. The Labute approximate surface area is 110 Å². The standard InChI is InChI=1S/C13H26N2O3/c1-11(16)5-6-14-7-9-15(10-8-14)12(17)18-13(2,3)4/h11,16H,5-10H2,1-4H3/t11-/m0/s1. The number of rotatable bonds is 3. The van der Waals surface area contributed by atoms with Gasteiger partial charge in [0, 0.05) is 32.7 Å². The normalized spacial score (nSPS) is 19.7. The Morgan fingerprint density at radius 2 is 1.83 bits per heavy atom. The van der Waals surface area contributed by atoms with Crippen LogP contribution in [0, 0.1) is 0 Å². The number of hydrogen-bond donors (Lipinski definition) is 1. The van der Waals surface area contributed by atoms with Crippen molar-refractivity contribution in [2.24, 2.45) is 0 Å². The summed E-state index contributed by atoms with van der Waals surface area (Å²) in [5.74, 6) is 0. The molecule has 0 unspecified atom stereocenters. The summed E-state index contributed by atoms with van der Waals surface area (Å²) in [6.45, 7) is 11.4. The van der Waals surface area contributed by atoms with E-state index in [9.17, 15) is 9.90 Å². The number of ether oxygens (including phenoxy) is 1. The van der Waals surface area contributed by atoms with Crippen LogP contribution in [0.4, 0.5) is 4.79 Å². The fraction of sp³-hybridized carbons (Fsp3) is 0.923. The van der Waals surface area contributed by atoms with E-state index in [1.807, 2.05) is 20.8 Å². The van der Waals surface area contributed by atoms with Gasteiger partial charge < -0.3 is 14.7 Å². The number of piperazine rings is 1. The summed E-state index contributed by atoms with van der Waals surface area (Å²) in [4.78, 5) is 15.9. The molecule has 5 heteroatoms. The van der Waals surface area contributed by atoms with Gasteiger partial charge in [0.2, 0.25) is 0 Å². The molecule has 1 aliphatic rings. The second-order valence-electron chi connectivity index (χ2n) is 5.95. The third kappa shape index (κ3) is 5.69. The molecule has 1 rings (SSSR count). The molecule has 0 aromatic rings. The van der Waals surface area contributed by atoms with E-state index >= 15 is 0 Å². The minimum absolute atomic E-state index is 0.224. The molecular formula is C13H26N2O3. The molecule has 1 amide bonds. The predicted octanol–water partition coefficient (Wildman–Crippen LogP) is 1.31. The first-order valence-corrected chi connectivity index (χ1v) is 6.66. The van der Waals surface area contributed by atoms with E-state index < -0.39 is 5.60 Å². The molecule has 1 atom stereocenters. The van der Waals surface area contributed by atoms with Crippen molar-refractivity contribution in [3.63, 3.8) is 0 Å². The molecule has 5 nitrogen and oxygen atoms in total. The molecule has 0 aliphatic carbocycles. The first kappa shape index (κ1) is 15.2. The average Bonchev–Trinajstić information content (AvgIpc) is 2.24. The SMILES string of the molecule is C[C@H](O)CCN1CCN(C(=O)OC(C)(C)C)CC1. The van der Waals surface area contributed by atoms with Gasteiger partial charge in [-0.3, -0.25) is 4.90 Å². The van der Waals surface area contributed by atoms with Crippen molar-refractivity contribution in [2.75, 3.05) is 32.7 Å². The van der Waals surface area contributed by atoms with Gasteiger partial charge >= 0.3 is 6.09 Å². The highest BCUT2D eigenvalue weighted by Crippen LogP contribution is 2.12. The van der Waals surface area contributed by atoms with Crippen LogP contribution in [0.5, 0.6) is 0 Å². The summed E-state index contributed by atoms with van der Waals surface area (Å²) < 4.78 is 5.34. The molecule has 0 aromatic heterocycles. The van der Waals surface area contributed by atoms with Gasteiger partial charge in [-0.1, -0.05) is 0 Å². The molecule has 0 radical (unpaired) electrons. The maximum Gasteiger partial charge on any atom is 0.410 e. The topological polar surface area (TPSA) is 53.0 Å². The van der Waals surface area contributed by atoms with Gasteiger partial charge in [-0.05, 0) is 34.1 Å². The Kier molecular flexibility index (Phi) is 5.41. The number of aliphatic hydroxyl groups is 1. The summed E-state index contributed by atoms with van der Waals surface area (Å²) in [7, 11) is 0. The highest BCUT2D eigenvalue weighted by molar-refractivity contribution is 5.68. The number of amides is 1. The lowest BCUT2D eigenvalue weighted by molar-refractivity contribution is 0.0134. The van der Waals surface area contributed by atoms with Gasteiger partial charge in [0.25, 0.3) is 0 Å². The van der Waals surface area contributed by atoms with Crippen LogP contribution in [0.3, 0.4) is 0 Å². The molecule has 0 saturated carbocycles. The summed E-state index contributed by atoms with van der Waals surface area (Å²) in [5.41, 5.74) is -0.430. The Morgan fingerprint density at radius 3 is 2.28 bits per heavy atom. The number of nitrogens with zero attached hydrogens (tertiary/aromatic N) is 2. The summed E-state index contributed by atoms with van der Waals surface area (Å²) in [6.07, 6.45) is 0.304. The van der Waals surface area contributed by atoms with Crippen molar-refractivity contribution >= 4 is 6.09 Å². The van der Waals surface area contributed by atoms with E-state index in [1.165, 1.54) is 0 Å². The van der Waals surface area contributed by atoms with E-state index in [0.717, 1.165) is 26.1 Å². The molecule has 1 N–H and O–H groups in total. The van der Waals surface area contributed by atoms with Crippen molar-refractivity contribution in [1.82, 2.24) is 9.80 Å². The average molecular weight is 258 g/mol. The van der Waals surface area contributed by atoms with Crippen molar-refractivity contribution in [1.29, 1.82) is 0 Å². The monoisotopic (exact) mass is 258 g/mol. The molecule has 0 bridgehead atoms. The molecule has 0 aromatic carbocycles. The first-order chi connectivity index (χ1) is 8.28. The minimum atomic E-state index is -0.430.